The summed E-state index contributed by atoms with van der Waals surface area (Å²) in [6, 6.07) is 19.2. The average molecular weight is 522 g/mol. The standard InChI is InChI=1S/C28H20ClN7O2/c1-16-22-23(17-5-11-21(37-2)12-6-17)24-26-32-25(18-4-3-13-30-14-18)34-35(26)15-31-27(24)38-28(22)36(33-16)20-9-7-19(29)8-10-20/h3-15,23H,1-2H3. The fourth-order valence-electron chi connectivity index (χ4n) is 4.88. The van der Waals surface area contributed by atoms with Gasteiger partial charge in [-0.15, -0.1) is 5.10 Å². The zero-order chi connectivity index (χ0) is 25.8. The molecule has 186 valence electrons. The van der Waals surface area contributed by atoms with Crippen LogP contribution in [0.4, 0.5) is 0 Å². The summed E-state index contributed by atoms with van der Waals surface area (Å²) in [4.78, 5) is 13.8. The Hall–Kier alpha value is -4.76. The number of nitrogens with zero attached hydrogens (tertiary/aromatic N) is 7. The summed E-state index contributed by atoms with van der Waals surface area (Å²) in [5.74, 6) is 2.12. The number of aryl methyl sites for hydroxylation is 1. The van der Waals surface area contributed by atoms with Crippen LogP contribution in [0.1, 0.15) is 28.3 Å². The molecule has 0 aliphatic carbocycles. The Bertz CT molecular complexity index is 1800. The fourth-order valence-corrected chi connectivity index (χ4v) is 5.01. The molecule has 10 heteroatoms. The predicted octanol–water partition coefficient (Wildman–Crippen LogP) is 5.63. The monoisotopic (exact) mass is 521 g/mol. The molecule has 5 heterocycles. The molecule has 0 saturated carbocycles. The van der Waals surface area contributed by atoms with Crippen molar-refractivity contribution in [1.29, 1.82) is 0 Å². The van der Waals surface area contributed by atoms with Crippen LogP contribution in [0.15, 0.2) is 79.4 Å². The first-order chi connectivity index (χ1) is 18.6. The van der Waals surface area contributed by atoms with Crippen LogP contribution in [0, 0.1) is 6.92 Å². The quantitative estimate of drug-likeness (QED) is 0.296. The van der Waals surface area contributed by atoms with E-state index >= 15 is 0 Å². The minimum atomic E-state index is -0.261. The third-order valence-electron chi connectivity index (χ3n) is 6.66. The number of halogens is 1. The molecule has 4 aromatic heterocycles. The first kappa shape index (κ1) is 22.4. The van der Waals surface area contributed by atoms with Crippen LogP contribution < -0.4 is 9.47 Å². The van der Waals surface area contributed by atoms with Crippen LogP contribution in [0.2, 0.25) is 5.02 Å². The molecule has 1 unspecified atom stereocenters. The lowest BCUT2D eigenvalue weighted by molar-refractivity contribution is 0.402. The number of benzene rings is 2. The van der Waals surface area contributed by atoms with Gasteiger partial charge in [0, 0.05) is 23.0 Å². The van der Waals surface area contributed by atoms with Crippen molar-refractivity contribution in [3.05, 3.63) is 107 Å². The minimum absolute atomic E-state index is 0.261. The highest BCUT2D eigenvalue weighted by atomic mass is 35.5. The normalized spacial score (nSPS) is 14.1. The number of ether oxygens (including phenoxy) is 2. The second-order valence-electron chi connectivity index (χ2n) is 8.91. The lowest BCUT2D eigenvalue weighted by Crippen LogP contribution is -2.16. The number of pyridine rings is 1. The Morgan fingerprint density at radius 3 is 2.53 bits per heavy atom. The molecule has 0 amide bonds. The van der Waals surface area contributed by atoms with Gasteiger partial charge in [0.2, 0.25) is 11.8 Å². The van der Waals surface area contributed by atoms with Crippen LogP contribution >= 0.6 is 11.6 Å². The molecule has 1 atom stereocenters. The lowest BCUT2D eigenvalue weighted by atomic mass is 9.84. The maximum absolute atomic E-state index is 6.47. The van der Waals surface area contributed by atoms with Crippen molar-refractivity contribution in [2.75, 3.05) is 7.11 Å². The third-order valence-corrected chi connectivity index (χ3v) is 6.91. The van der Waals surface area contributed by atoms with Gasteiger partial charge in [-0.3, -0.25) is 4.98 Å². The van der Waals surface area contributed by atoms with Gasteiger partial charge in [0.15, 0.2) is 11.5 Å². The van der Waals surface area contributed by atoms with Gasteiger partial charge in [0.25, 0.3) is 0 Å². The van der Waals surface area contributed by atoms with Crippen molar-refractivity contribution >= 4 is 17.2 Å². The molecule has 0 bridgehead atoms. The van der Waals surface area contributed by atoms with Crippen LogP contribution in [0.3, 0.4) is 0 Å². The van der Waals surface area contributed by atoms with Gasteiger partial charge in [-0.25, -0.2) is 19.2 Å². The van der Waals surface area contributed by atoms with Gasteiger partial charge in [-0.05, 0) is 61.0 Å². The minimum Gasteiger partial charge on any atom is -0.497 e. The van der Waals surface area contributed by atoms with Gasteiger partial charge < -0.3 is 9.47 Å². The molecule has 0 spiro atoms. The fraction of sp³-hybridized carbons (Fsp3) is 0.107. The highest BCUT2D eigenvalue weighted by Gasteiger charge is 2.38. The van der Waals surface area contributed by atoms with Crippen molar-refractivity contribution in [3.63, 3.8) is 0 Å². The van der Waals surface area contributed by atoms with Crippen LogP contribution in [-0.2, 0) is 0 Å². The molecule has 0 saturated heterocycles. The Morgan fingerprint density at radius 1 is 0.974 bits per heavy atom. The SMILES string of the molecule is COc1ccc(C2c3c(C)nn(-c4ccc(Cl)cc4)c3Oc3ncn4nc(-c5cccnc5)nc4c32)cc1. The molecule has 7 rings (SSSR count). The molecule has 1 aliphatic heterocycles. The van der Waals surface area contributed by atoms with E-state index in [9.17, 15) is 0 Å². The molecule has 0 N–H and O–H groups in total. The third kappa shape index (κ3) is 3.51. The number of rotatable bonds is 4. The Kier molecular flexibility index (Phi) is 5.12. The highest BCUT2D eigenvalue weighted by Crippen LogP contribution is 2.50. The van der Waals surface area contributed by atoms with Crippen molar-refractivity contribution in [1.82, 2.24) is 34.3 Å². The molecule has 6 aromatic rings. The molecule has 9 nitrogen and oxygen atoms in total. The van der Waals surface area contributed by atoms with E-state index in [1.54, 1.807) is 35.0 Å². The molecule has 0 radical (unpaired) electrons. The zero-order valence-electron chi connectivity index (χ0n) is 20.4. The van der Waals surface area contributed by atoms with Crippen molar-refractivity contribution < 1.29 is 9.47 Å². The smallest absolute Gasteiger partial charge is 0.230 e. The van der Waals surface area contributed by atoms with Crippen molar-refractivity contribution in [2.24, 2.45) is 0 Å². The van der Waals surface area contributed by atoms with Crippen LogP contribution in [0.25, 0.3) is 22.7 Å². The maximum atomic E-state index is 6.47. The largest absolute Gasteiger partial charge is 0.497 e. The van der Waals surface area contributed by atoms with E-state index < -0.39 is 0 Å². The molecule has 0 fully saturated rings. The Morgan fingerprint density at radius 2 is 1.79 bits per heavy atom. The van der Waals surface area contributed by atoms with Crippen molar-refractivity contribution in [3.8, 4) is 34.6 Å². The summed E-state index contributed by atoms with van der Waals surface area (Å²) in [5, 5.41) is 10.2. The summed E-state index contributed by atoms with van der Waals surface area (Å²) in [5.41, 5.74) is 5.89. The molecule has 38 heavy (non-hydrogen) atoms. The van der Waals surface area contributed by atoms with Gasteiger partial charge in [0.1, 0.15) is 12.1 Å². The number of aromatic nitrogens is 7. The van der Waals surface area contributed by atoms with Gasteiger partial charge in [-0.1, -0.05) is 23.7 Å². The number of hydrogen-bond donors (Lipinski definition) is 0. The summed E-state index contributed by atoms with van der Waals surface area (Å²) in [7, 11) is 1.65. The first-order valence-corrected chi connectivity index (χ1v) is 12.3. The van der Waals surface area contributed by atoms with Crippen molar-refractivity contribution in [2.45, 2.75) is 12.8 Å². The average Bonchev–Trinajstić information content (AvgIpc) is 3.54. The van der Waals surface area contributed by atoms with Gasteiger partial charge in [0.05, 0.1) is 35.5 Å². The summed E-state index contributed by atoms with van der Waals surface area (Å²) < 4.78 is 15.4. The lowest BCUT2D eigenvalue weighted by Gasteiger charge is -2.26. The van der Waals surface area contributed by atoms with E-state index in [1.807, 2.05) is 67.6 Å². The number of fused-ring (bicyclic) bond motifs is 4. The topological polar surface area (TPSA) is 92.2 Å². The van der Waals surface area contributed by atoms with E-state index in [0.717, 1.165) is 39.4 Å². The zero-order valence-corrected chi connectivity index (χ0v) is 21.2. The van der Waals surface area contributed by atoms with Gasteiger partial charge >= 0.3 is 0 Å². The highest BCUT2D eigenvalue weighted by molar-refractivity contribution is 6.30. The summed E-state index contributed by atoms with van der Waals surface area (Å²) in [6.07, 6.45) is 5.08. The summed E-state index contributed by atoms with van der Waals surface area (Å²) >= 11 is 6.14. The second-order valence-corrected chi connectivity index (χ2v) is 9.35. The molecule has 2 aromatic carbocycles. The molecule has 1 aliphatic rings. The number of hydrogen-bond acceptors (Lipinski definition) is 7. The second kappa shape index (κ2) is 8.67. The molecular weight excluding hydrogens is 502 g/mol. The van der Waals surface area contributed by atoms with E-state index in [0.29, 0.717) is 28.3 Å². The van der Waals surface area contributed by atoms with E-state index in [1.165, 1.54) is 0 Å². The Balaban J connectivity index is 1.48. The van der Waals surface area contributed by atoms with E-state index in [2.05, 4.69) is 15.1 Å². The van der Waals surface area contributed by atoms with Gasteiger partial charge in [-0.2, -0.15) is 5.10 Å². The van der Waals surface area contributed by atoms with Crippen LogP contribution in [0.5, 0.6) is 17.5 Å². The predicted molar refractivity (Wildman–Crippen MR) is 141 cm³/mol. The number of methoxy groups -OCH3 is 1. The van der Waals surface area contributed by atoms with Crippen LogP contribution in [-0.4, -0.2) is 41.5 Å². The first-order valence-electron chi connectivity index (χ1n) is 11.9. The molecular formula is C28H20ClN7O2. The Labute approximate surface area is 222 Å². The maximum Gasteiger partial charge on any atom is 0.230 e. The van der Waals surface area contributed by atoms with E-state index in [4.69, 9.17) is 31.2 Å². The van der Waals surface area contributed by atoms with E-state index in [-0.39, 0.29) is 5.92 Å². The summed E-state index contributed by atoms with van der Waals surface area (Å²) in [6.45, 7) is 1.98.